The first-order chi connectivity index (χ1) is 11.4. The van der Waals surface area contributed by atoms with Gasteiger partial charge in [-0.05, 0) is 24.3 Å². The average Bonchev–Trinajstić information content (AvgIpc) is 2.53. The van der Waals surface area contributed by atoms with Crippen LogP contribution in [0.15, 0.2) is 45.6 Å². The van der Waals surface area contributed by atoms with Gasteiger partial charge in [0.05, 0.1) is 0 Å². The second kappa shape index (κ2) is 6.93. The van der Waals surface area contributed by atoms with E-state index < -0.39 is 22.7 Å². The SMILES string of the molecule is COC.O=c1cc(-c2ccc(O)cc2)oc2cc(O)c(O)c(O)c12. The van der Waals surface area contributed by atoms with Crippen molar-refractivity contribution < 1.29 is 29.6 Å². The van der Waals surface area contributed by atoms with Crippen LogP contribution in [0.4, 0.5) is 0 Å². The van der Waals surface area contributed by atoms with Gasteiger partial charge in [-0.25, -0.2) is 0 Å². The van der Waals surface area contributed by atoms with Gasteiger partial charge in [-0.3, -0.25) is 4.79 Å². The number of hydrogen-bond acceptors (Lipinski definition) is 7. The highest BCUT2D eigenvalue weighted by atomic mass is 16.4. The molecule has 0 aliphatic heterocycles. The molecule has 0 saturated heterocycles. The zero-order chi connectivity index (χ0) is 17.9. The van der Waals surface area contributed by atoms with Crippen LogP contribution in [0.5, 0.6) is 23.0 Å². The molecule has 7 nitrogen and oxygen atoms in total. The summed E-state index contributed by atoms with van der Waals surface area (Å²) in [6.45, 7) is 0. The summed E-state index contributed by atoms with van der Waals surface area (Å²) >= 11 is 0. The first-order valence-corrected chi connectivity index (χ1v) is 6.80. The predicted octanol–water partition coefficient (Wildman–Crippen LogP) is 2.55. The Bertz CT molecular complexity index is 911. The number of phenols is 4. The number of rotatable bonds is 1. The molecule has 0 aliphatic carbocycles. The van der Waals surface area contributed by atoms with Crippen molar-refractivity contribution in [2.24, 2.45) is 0 Å². The van der Waals surface area contributed by atoms with Crippen LogP contribution in [0, 0.1) is 0 Å². The predicted molar refractivity (Wildman–Crippen MR) is 87.5 cm³/mol. The highest BCUT2D eigenvalue weighted by Gasteiger charge is 2.17. The lowest BCUT2D eigenvalue weighted by Gasteiger charge is -2.07. The van der Waals surface area contributed by atoms with Crippen LogP contribution < -0.4 is 5.43 Å². The van der Waals surface area contributed by atoms with Crippen molar-refractivity contribution in [3.05, 3.63) is 46.6 Å². The summed E-state index contributed by atoms with van der Waals surface area (Å²) in [6, 6.07) is 8.19. The smallest absolute Gasteiger partial charge is 0.201 e. The molecule has 7 heteroatoms. The van der Waals surface area contributed by atoms with E-state index in [1.54, 1.807) is 26.4 Å². The van der Waals surface area contributed by atoms with E-state index in [-0.39, 0.29) is 22.5 Å². The van der Waals surface area contributed by atoms with Gasteiger partial charge in [-0.15, -0.1) is 0 Å². The molecule has 1 aromatic heterocycles. The van der Waals surface area contributed by atoms with E-state index in [2.05, 4.69) is 4.74 Å². The number of benzene rings is 2. The van der Waals surface area contributed by atoms with Crippen LogP contribution in [-0.4, -0.2) is 34.6 Å². The third-order valence-electron chi connectivity index (χ3n) is 3.10. The Morgan fingerprint density at radius 3 is 2.08 bits per heavy atom. The normalized spacial score (nSPS) is 10.2. The van der Waals surface area contributed by atoms with Crippen molar-refractivity contribution in [3.63, 3.8) is 0 Å². The molecule has 3 aromatic rings. The Morgan fingerprint density at radius 2 is 1.50 bits per heavy atom. The van der Waals surface area contributed by atoms with Gasteiger partial charge in [0.25, 0.3) is 0 Å². The van der Waals surface area contributed by atoms with Gasteiger partial charge in [-0.1, -0.05) is 0 Å². The molecule has 0 amide bonds. The molecule has 1 heterocycles. The quantitative estimate of drug-likeness (QED) is 0.505. The third-order valence-corrected chi connectivity index (χ3v) is 3.10. The lowest BCUT2D eigenvalue weighted by molar-refractivity contribution is 0.277. The van der Waals surface area contributed by atoms with Gasteiger partial charge in [0.1, 0.15) is 22.5 Å². The van der Waals surface area contributed by atoms with Gasteiger partial charge >= 0.3 is 0 Å². The summed E-state index contributed by atoms with van der Waals surface area (Å²) < 4.78 is 9.72. The van der Waals surface area contributed by atoms with Crippen LogP contribution in [0.2, 0.25) is 0 Å². The Balaban J connectivity index is 0.000000647. The van der Waals surface area contributed by atoms with E-state index in [9.17, 15) is 25.2 Å². The molecule has 0 unspecified atom stereocenters. The van der Waals surface area contributed by atoms with Crippen LogP contribution in [-0.2, 0) is 4.74 Å². The molecule has 0 fully saturated rings. The van der Waals surface area contributed by atoms with E-state index in [0.717, 1.165) is 12.1 Å². The van der Waals surface area contributed by atoms with Crippen molar-refractivity contribution in [1.82, 2.24) is 0 Å². The number of hydrogen-bond donors (Lipinski definition) is 4. The third kappa shape index (κ3) is 3.26. The van der Waals surface area contributed by atoms with Gasteiger partial charge in [0, 0.05) is 31.9 Å². The number of aromatic hydroxyl groups is 4. The number of methoxy groups -OCH3 is 1. The van der Waals surface area contributed by atoms with Crippen molar-refractivity contribution in [3.8, 4) is 34.3 Å². The van der Waals surface area contributed by atoms with E-state index in [1.807, 2.05) is 0 Å². The van der Waals surface area contributed by atoms with Crippen LogP contribution >= 0.6 is 0 Å². The van der Waals surface area contributed by atoms with Crippen molar-refractivity contribution in [1.29, 1.82) is 0 Å². The standard InChI is InChI=1S/C15H10O6.C2H6O/c16-8-3-1-7(2-4-8)11-5-9(17)13-12(21-11)6-10(18)14(19)15(13)20;1-3-2/h1-6,16,18-20H;1-2H3. The molecule has 3 rings (SSSR count). The molecule has 0 spiro atoms. The highest BCUT2D eigenvalue weighted by molar-refractivity contribution is 5.89. The van der Waals surface area contributed by atoms with E-state index >= 15 is 0 Å². The zero-order valence-corrected chi connectivity index (χ0v) is 13.0. The van der Waals surface area contributed by atoms with Crippen molar-refractivity contribution >= 4 is 11.0 Å². The molecule has 24 heavy (non-hydrogen) atoms. The monoisotopic (exact) mass is 332 g/mol. The summed E-state index contributed by atoms with van der Waals surface area (Å²) in [4.78, 5) is 12.1. The molecular formula is C17H16O7. The maximum atomic E-state index is 12.1. The largest absolute Gasteiger partial charge is 0.508 e. The lowest BCUT2D eigenvalue weighted by Crippen LogP contribution is -2.00. The highest BCUT2D eigenvalue weighted by Crippen LogP contribution is 2.40. The van der Waals surface area contributed by atoms with E-state index in [1.165, 1.54) is 12.1 Å². The Morgan fingerprint density at radius 1 is 0.917 bits per heavy atom. The Labute approximate surface area is 136 Å². The minimum atomic E-state index is -0.771. The molecule has 2 aromatic carbocycles. The Hall–Kier alpha value is -3.19. The first-order valence-electron chi connectivity index (χ1n) is 6.80. The van der Waals surface area contributed by atoms with Crippen LogP contribution in [0.25, 0.3) is 22.3 Å². The van der Waals surface area contributed by atoms with Gasteiger partial charge in [0.15, 0.2) is 16.9 Å². The summed E-state index contributed by atoms with van der Waals surface area (Å²) in [5.41, 5.74) is -0.0793. The second-order valence-electron chi connectivity index (χ2n) is 4.90. The molecule has 0 atom stereocenters. The minimum Gasteiger partial charge on any atom is -0.508 e. The number of ether oxygens (including phenoxy) is 1. The topological polar surface area (TPSA) is 120 Å². The molecule has 0 aliphatic rings. The van der Waals surface area contributed by atoms with Gasteiger partial charge in [-0.2, -0.15) is 0 Å². The van der Waals surface area contributed by atoms with Crippen LogP contribution in [0.1, 0.15) is 0 Å². The summed E-state index contributed by atoms with van der Waals surface area (Å²) in [7, 11) is 3.25. The minimum absolute atomic E-state index is 0.0571. The van der Waals surface area contributed by atoms with Crippen molar-refractivity contribution in [2.45, 2.75) is 0 Å². The fraction of sp³-hybridized carbons (Fsp3) is 0.118. The first kappa shape index (κ1) is 17.2. The van der Waals surface area contributed by atoms with Gasteiger partial charge < -0.3 is 29.6 Å². The summed E-state index contributed by atoms with van der Waals surface area (Å²) in [5.74, 6) is -1.81. The molecular weight excluding hydrogens is 316 g/mol. The zero-order valence-electron chi connectivity index (χ0n) is 13.0. The molecule has 4 N–H and O–H groups in total. The molecule has 0 saturated carbocycles. The fourth-order valence-corrected chi connectivity index (χ4v) is 2.05. The maximum absolute atomic E-state index is 12.1. The lowest BCUT2D eigenvalue weighted by atomic mass is 10.1. The maximum Gasteiger partial charge on any atom is 0.201 e. The average molecular weight is 332 g/mol. The van der Waals surface area contributed by atoms with Crippen LogP contribution in [0.3, 0.4) is 0 Å². The summed E-state index contributed by atoms with van der Waals surface area (Å²) in [5, 5.41) is 37.7. The van der Waals surface area contributed by atoms with E-state index in [0.29, 0.717) is 5.56 Å². The number of phenolic OH excluding ortho intramolecular Hbond substituents is 4. The van der Waals surface area contributed by atoms with Crippen molar-refractivity contribution in [2.75, 3.05) is 14.2 Å². The summed E-state index contributed by atoms with van der Waals surface area (Å²) in [6.07, 6.45) is 0. The number of fused-ring (bicyclic) bond motifs is 1. The molecule has 126 valence electrons. The Kier molecular flexibility index (Phi) is 4.96. The van der Waals surface area contributed by atoms with Gasteiger partial charge in [0.2, 0.25) is 5.75 Å². The molecule has 0 bridgehead atoms. The fourth-order valence-electron chi connectivity index (χ4n) is 2.05. The van der Waals surface area contributed by atoms with E-state index in [4.69, 9.17) is 4.42 Å². The second-order valence-corrected chi connectivity index (χ2v) is 4.90. The molecule has 0 radical (unpaired) electrons.